The molecule has 3 rings (SSSR count). The van der Waals surface area contributed by atoms with Gasteiger partial charge in [0.1, 0.15) is 11.3 Å². The van der Waals surface area contributed by atoms with Crippen molar-refractivity contribution in [1.82, 2.24) is 15.0 Å². The number of fused-ring (bicyclic) bond motifs is 1. The van der Waals surface area contributed by atoms with Gasteiger partial charge in [-0.05, 0) is 30.5 Å². The number of phenolic OH excluding ortho intramolecular Hbond substituents is 1. The zero-order valence-electron chi connectivity index (χ0n) is 11.7. The van der Waals surface area contributed by atoms with E-state index in [1.807, 2.05) is 6.20 Å². The van der Waals surface area contributed by atoms with Gasteiger partial charge in [-0.2, -0.15) is 0 Å². The molecule has 114 valence electrons. The summed E-state index contributed by atoms with van der Waals surface area (Å²) in [6.45, 7) is 0.404. The van der Waals surface area contributed by atoms with Gasteiger partial charge in [0.25, 0.3) is 0 Å². The van der Waals surface area contributed by atoms with E-state index in [1.165, 1.54) is 12.1 Å². The lowest BCUT2D eigenvalue weighted by molar-refractivity contribution is 0.473. The Kier molecular flexibility index (Phi) is 4.11. The SMILES string of the molecule is O=c1cc(Cn2cc(CCCCl)nn2)c2ccc(O)cc2o1. The Hall–Kier alpha value is -2.34. The Morgan fingerprint density at radius 2 is 2.18 bits per heavy atom. The largest absolute Gasteiger partial charge is 0.508 e. The minimum atomic E-state index is -0.462. The third kappa shape index (κ3) is 3.12. The van der Waals surface area contributed by atoms with E-state index in [-0.39, 0.29) is 5.75 Å². The summed E-state index contributed by atoms with van der Waals surface area (Å²) in [5.41, 5.74) is 1.52. The fraction of sp³-hybridized carbons (Fsp3) is 0.267. The molecule has 0 atom stereocenters. The van der Waals surface area contributed by atoms with Crippen LogP contribution in [0.5, 0.6) is 5.75 Å². The summed E-state index contributed by atoms with van der Waals surface area (Å²) in [6, 6.07) is 6.13. The van der Waals surface area contributed by atoms with E-state index in [4.69, 9.17) is 16.0 Å². The summed E-state index contributed by atoms with van der Waals surface area (Å²) in [6.07, 6.45) is 3.46. The van der Waals surface area contributed by atoms with Gasteiger partial charge in [-0.25, -0.2) is 9.48 Å². The van der Waals surface area contributed by atoms with Crippen LogP contribution >= 0.6 is 11.6 Å². The molecule has 0 aliphatic carbocycles. The molecule has 0 aliphatic rings. The molecule has 0 bridgehead atoms. The van der Waals surface area contributed by atoms with E-state index < -0.39 is 5.63 Å². The summed E-state index contributed by atoms with van der Waals surface area (Å²) in [5, 5.41) is 18.4. The third-order valence-corrected chi connectivity index (χ3v) is 3.57. The lowest BCUT2D eigenvalue weighted by Gasteiger charge is -2.05. The second-order valence-electron chi connectivity index (χ2n) is 4.97. The Morgan fingerprint density at radius 1 is 1.32 bits per heavy atom. The molecule has 0 fully saturated rings. The molecule has 22 heavy (non-hydrogen) atoms. The van der Waals surface area contributed by atoms with Gasteiger partial charge in [0.05, 0.1) is 12.2 Å². The lowest BCUT2D eigenvalue weighted by Crippen LogP contribution is -2.06. The van der Waals surface area contributed by atoms with Crippen LogP contribution in [0.4, 0.5) is 0 Å². The first kappa shape index (κ1) is 14.6. The van der Waals surface area contributed by atoms with Crippen LogP contribution in [0.1, 0.15) is 17.7 Å². The fourth-order valence-electron chi connectivity index (χ4n) is 2.30. The molecule has 1 N–H and O–H groups in total. The number of aryl methyl sites for hydroxylation is 1. The van der Waals surface area contributed by atoms with Gasteiger partial charge in [-0.15, -0.1) is 16.7 Å². The molecule has 0 spiro atoms. The van der Waals surface area contributed by atoms with Crippen LogP contribution in [-0.2, 0) is 13.0 Å². The molecule has 3 aromatic rings. The molecule has 0 radical (unpaired) electrons. The molecule has 0 aliphatic heterocycles. The smallest absolute Gasteiger partial charge is 0.336 e. The average molecular weight is 320 g/mol. The number of hydrogen-bond acceptors (Lipinski definition) is 5. The highest BCUT2D eigenvalue weighted by Crippen LogP contribution is 2.22. The number of rotatable bonds is 5. The molecule has 7 heteroatoms. The van der Waals surface area contributed by atoms with Gasteiger partial charge in [0.2, 0.25) is 0 Å². The Balaban J connectivity index is 1.93. The Labute approximate surface area is 130 Å². The molecule has 6 nitrogen and oxygen atoms in total. The van der Waals surface area contributed by atoms with E-state index in [9.17, 15) is 9.90 Å². The van der Waals surface area contributed by atoms with Gasteiger partial charge < -0.3 is 9.52 Å². The number of benzene rings is 1. The second-order valence-corrected chi connectivity index (χ2v) is 5.35. The van der Waals surface area contributed by atoms with Crippen molar-refractivity contribution in [3.63, 3.8) is 0 Å². The second kappa shape index (κ2) is 6.19. The zero-order chi connectivity index (χ0) is 15.5. The lowest BCUT2D eigenvalue weighted by atomic mass is 10.1. The number of halogens is 1. The van der Waals surface area contributed by atoms with Gasteiger partial charge in [-0.3, -0.25) is 0 Å². The molecular formula is C15H14ClN3O3. The number of aromatic nitrogens is 3. The van der Waals surface area contributed by atoms with Crippen molar-refractivity contribution in [2.45, 2.75) is 19.4 Å². The van der Waals surface area contributed by atoms with Crippen LogP contribution in [0.2, 0.25) is 0 Å². The van der Waals surface area contributed by atoms with Crippen molar-refractivity contribution in [3.05, 3.63) is 52.1 Å². The molecule has 2 heterocycles. The summed E-state index contributed by atoms with van der Waals surface area (Å²) in [5.74, 6) is 0.637. The maximum Gasteiger partial charge on any atom is 0.336 e. The van der Waals surface area contributed by atoms with E-state index in [2.05, 4.69) is 10.3 Å². The molecule has 2 aromatic heterocycles. The minimum absolute atomic E-state index is 0.0527. The first-order chi connectivity index (χ1) is 10.7. The van der Waals surface area contributed by atoms with Gasteiger partial charge in [-0.1, -0.05) is 5.21 Å². The topological polar surface area (TPSA) is 81.2 Å². The number of nitrogens with zero attached hydrogens (tertiary/aromatic N) is 3. The number of phenols is 1. The number of hydrogen-bond donors (Lipinski definition) is 1. The summed E-state index contributed by atoms with van der Waals surface area (Å²) in [7, 11) is 0. The molecule has 0 saturated carbocycles. The molecule has 0 amide bonds. The summed E-state index contributed by atoms with van der Waals surface area (Å²) < 4.78 is 6.77. The standard InChI is InChI=1S/C15H14ClN3O3/c16-5-1-2-11-9-19(18-17-11)8-10-6-15(21)22-14-7-12(20)3-4-13(10)14/h3-4,6-7,9,20H,1-2,5,8H2. The van der Waals surface area contributed by atoms with Crippen LogP contribution in [0.25, 0.3) is 11.0 Å². The summed E-state index contributed by atoms with van der Waals surface area (Å²) in [4.78, 5) is 11.6. The molecule has 0 unspecified atom stereocenters. The van der Waals surface area contributed by atoms with E-state index >= 15 is 0 Å². The van der Waals surface area contributed by atoms with Gasteiger partial charge in [0.15, 0.2) is 0 Å². The van der Waals surface area contributed by atoms with Crippen LogP contribution < -0.4 is 5.63 Å². The van der Waals surface area contributed by atoms with Crippen molar-refractivity contribution < 1.29 is 9.52 Å². The van der Waals surface area contributed by atoms with E-state index in [1.54, 1.807) is 16.8 Å². The van der Waals surface area contributed by atoms with Crippen molar-refractivity contribution in [2.75, 3.05) is 5.88 Å². The van der Waals surface area contributed by atoms with Crippen LogP contribution in [0.15, 0.2) is 39.7 Å². The van der Waals surface area contributed by atoms with Crippen LogP contribution in [0.3, 0.4) is 0 Å². The van der Waals surface area contributed by atoms with E-state index in [0.29, 0.717) is 18.0 Å². The monoisotopic (exact) mass is 319 g/mol. The molecular weight excluding hydrogens is 306 g/mol. The predicted octanol–water partition coefficient (Wildman–Crippen LogP) is 2.31. The number of alkyl halides is 1. The highest BCUT2D eigenvalue weighted by Gasteiger charge is 2.08. The average Bonchev–Trinajstić information content (AvgIpc) is 2.92. The minimum Gasteiger partial charge on any atom is -0.508 e. The van der Waals surface area contributed by atoms with Crippen molar-refractivity contribution >= 4 is 22.6 Å². The van der Waals surface area contributed by atoms with Gasteiger partial charge >= 0.3 is 5.63 Å². The number of aromatic hydroxyl groups is 1. The summed E-state index contributed by atoms with van der Waals surface area (Å²) >= 11 is 5.66. The zero-order valence-corrected chi connectivity index (χ0v) is 12.5. The fourth-order valence-corrected chi connectivity index (χ4v) is 2.44. The van der Waals surface area contributed by atoms with Crippen LogP contribution in [-0.4, -0.2) is 26.0 Å². The van der Waals surface area contributed by atoms with Crippen molar-refractivity contribution in [3.8, 4) is 5.75 Å². The Bertz CT molecular complexity index is 857. The third-order valence-electron chi connectivity index (χ3n) is 3.30. The highest BCUT2D eigenvalue weighted by atomic mass is 35.5. The quantitative estimate of drug-likeness (QED) is 0.576. The normalized spacial score (nSPS) is 11.1. The predicted molar refractivity (Wildman–Crippen MR) is 82.3 cm³/mol. The maximum absolute atomic E-state index is 11.6. The van der Waals surface area contributed by atoms with Crippen molar-refractivity contribution in [2.24, 2.45) is 0 Å². The first-order valence-electron chi connectivity index (χ1n) is 6.86. The van der Waals surface area contributed by atoms with Crippen LogP contribution in [0, 0.1) is 0 Å². The first-order valence-corrected chi connectivity index (χ1v) is 7.40. The van der Waals surface area contributed by atoms with Gasteiger partial charge in [0, 0.05) is 29.6 Å². The molecule has 1 aromatic carbocycles. The Morgan fingerprint density at radius 3 is 3.00 bits per heavy atom. The maximum atomic E-state index is 11.6. The molecule has 0 saturated heterocycles. The van der Waals surface area contributed by atoms with E-state index in [0.717, 1.165) is 29.5 Å². The van der Waals surface area contributed by atoms with Crippen molar-refractivity contribution in [1.29, 1.82) is 0 Å². The highest BCUT2D eigenvalue weighted by molar-refractivity contribution is 6.17.